The van der Waals surface area contributed by atoms with E-state index >= 15 is 0 Å². The number of primary amides is 1. The summed E-state index contributed by atoms with van der Waals surface area (Å²) in [4.78, 5) is 36.0. The minimum atomic E-state index is -0.409. The molecule has 2 aliphatic heterocycles. The molecule has 0 saturated carbocycles. The number of piperidine rings is 1. The lowest BCUT2D eigenvalue weighted by Gasteiger charge is -2.37. The molecule has 2 aliphatic rings. The van der Waals surface area contributed by atoms with Gasteiger partial charge in [-0.2, -0.15) is 0 Å². The van der Waals surface area contributed by atoms with E-state index in [2.05, 4.69) is 14.9 Å². The molecule has 2 aromatic rings. The summed E-state index contributed by atoms with van der Waals surface area (Å²) in [6.07, 6.45) is 3.25. The molecule has 7 nitrogen and oxygen atoms in total. The number of likely N-dealkylation sites (tertiary alicyclic amines) is 1. The molecular formula is C18H20FN5O2. The van der Waals surface area contributed by atoms with Gasteiger partial charge >= 0.3 is 0 Å². The predicted octanol–water partition coefficient (Wildman–Crippen LogP) is 1.07. The topological polar surface area (TPSA) is 92.4 Å². The monoisotopic (exact) mass is 357 g/mol. The molecule has 1 aromatic carbocycles. The summed E-state index contributed by atoms with van der Waals surface area (Å²) in [6, 6.07) is 4.60. The Morgan fingerprint density at radius 3 is 2.69 bits per heavy atom. The van der Waals surface area contributed by atoms with E-state index in [0.29, 0.717) is 30.5 Å². The Bertz CT molecular complexity index is 866. The number of rotatable bonds is 3. The summed E-state index contributed by atoms with van der Waals surface area (Å²) >= 11 is 0. The Balaban J connectivity index is 1.49. The van der Waals surface area contributed by atoms with E-state index in [1.54, 1.807) is 11.0 Å². The quantitative estimate of drug-likeness (QED) is 0.887. The Morgan fingerprint density at radius 1 is 1.23 bits per heavy atom. The number of fused-ring (bicyclic) bond motifs is 1. The zero-order valence-electron chi connectivity index (χ0n) is 14.3. The summed E-state index contributed by atoms with van der Waals surface area (Å²) in [6.45, 7) is 1.83. The van der Waals surface area contributed by atoms with Crippen molar-refractivity contribution in [3.8, 4) is 0 Å². The summed E-state index contributed by atoms with van der Waals surface area (Å²) in [7, 11) is 0. The van der Waals surface area contributed by atoms with Gasteiger partial charge in [0.05, 0.1) is 11.4 Å². The molecule has 0 radical (unpaired) electrons. The molecule has 136 valence electrons. The Kier molecular flexibility index (Phi) is 4.18. The van der Waals surface area contributed by atoms with E-state index < -0.39 is 5.91 Å². The lowest BCUT2D eigenvalue weighted by molar-refractivity contribution is -0.130. The largest absolute Gasteiger partial charge is 0.369 e. The average Bonchev–Trinajstić information content (AvgIpc) is 3.03. The van der Waals surface area contributed by atoms with Crippen LogP contribution in [0.25, 0.3) is 10.9 Å². The standard InChI is InChI=1S/C18H20FN5O2/c19-12-1-2-15-14(8-12)18(22-10-21-15)23-5-3-13(4-6-23)24-9-11(17(20)26)7-16(24)25/h1-2,8,10-11,13H,3-7,9H2,(H2,20,26). The van der Waals surface area contributed by atoms with Gasteiger partial charge in [0.15, 0.2) is 0 Å². The van der Waals surface area contributed by atoms with Crippen molar-refractivity contribution < 1.29 is 14.0 Å². The highest BCUT2D eigenvalue weighted by atomic mass is 19.1. The van der Waals surface area contributed by atoms with Crippen LogP contribution in [0.3, 0.4) is 0 Å². The molecular weight excluding hydrogens is 337 g/mol. The summed E-state index contributed by atoms with van der Waals surface area (Å²) < 4.78 is 13.6. The van der Waals surface area contributed by atoms with Gasteiger partial charge in [-0.1, -0.05) is 0 Å². The molecule has 2 amide bonds. The molecule has 2 N–H and O–H groups in total. The van der Waals surface area contributed by atoms with Gasteiger partial charge < -0.3 is 15.5 Å². The van der Waals surface area contributed by atoms with Crippen molar-refractivity contribution in [2.24, 2.45) is 11.7 Å². The predicted molar refractivity (Wildman–Crippen MR) is 93.7 cm³/mol. The second kappa shape index (κ2) is 6.51. The van der Waals surface area contributed by atoms with Crippen molar-refractivity contribution in [2.45, 2.75) is 25.3 Å². The number of halogens is 1. The van der Waals surface area contributed by atoms with Crippen molar-refractivity contribution in [3.63, 3.8) is 0 Å². The van der Waals surface area contributed by atoms with Crippen LogP contribution in [0.2, 0.25) is 0 Å². The van der Waals surface area contributed by atoms with E-state index in [4.69, 9.17) is 5.73 Å². The lowest BCUT2D eigenvalue weighted by atomic mass is 10.0. The zero-order chi connectivity index (χ0) is 18.3. The number of nitrogens with zero attached hydrogens (tertiary/aromatic N) is 4. The second-order valence-electron chi connectivity index (χ2n) is 6.93. The molecule has 26 heavy (non-hydrogen) atoms. The third-order valence-corrected chi connectivity index (χ3v) is 5.34. The van der Waals surface area contributed by atoms with Gasteiger partial charge in [0.25, 0.3) is 0 Å². The van der Waals surface area contributed by atoms with Crippen molar-refractivity contribution in [3.05, 3.63) is 30.3 Å². The number of anilines is 1. The molecule has 3 heterocycles. The normalized spacial score (nSPS) is 21.6. The van der Waals surface area contributed by atoms with Gasteiger partial charge in [-0.15, -0.1) is 0 Å². The van der Waals surface area contributed by atoms with E-state index in [0.717, 1.165) is 18.7 Å². The van der Waals surface area contributed by atoms with Crippen LogP contribution >= 0.6 is 0 Å². The molecule has 8 heteroatoms. The number of benzene rings is 1. The van der Waals surface area contributed by atoms with Crippen molar-refractivity contribution in [1.82, 2.24) is 14.9 Å². The van der Waals surface area contributed by atoms with Gasteiger partial charge in [-0.3, -0.25) is 9.59 Å². The highest BCUT2D eigenvalue weighted by molar-refractivity contribution is 5.90. The minimum Gasteiger partial charge on any atom is -0.369 e. The number of carbonyl (C=O) groups excluding carboxylic acids is 2. The SMILES string of the molecule is NC(=O)C1CC(=O)N(C2CCN(c3ncnc4ccc(F)cc34)CC2)C1. The maximum absolute atomic E-state index is 13.6. The van der Waals surface area contributed by atoms with Crippen LogP contribution in [0.1, 0.15) is 19.3 Å². The summed E-state index contributed by atoms with van der Waals surface area (Å²) in [5, 5.41) is 0.692. The number of hydrogen-bond acceptors (Lipinski definition) is 5. The third kappa shape index (κ3) is 2.95. The van der Waals surface area contributed by atoms with Crippen LogP contribution < -0.4 is 10.6 Å². The first-order valence-electron chi connectivity index (χ1n) is 8.77. The molecule has 0 aliphatic carbocycles. The van der Waals surface area contributed by atoms with Crippen LogP contribution in [0.5, 0.6) is 0 Å². The molecule has 1 unspecified atom stereocenters. The molecule has 2 fully saturated rings. The van der Waals surface area contributed by atoms with Gasteiger partial charge in [-0.05, 0) is 31.0 Å². The van der Waals surface area contributed by atoms with Gasteiger partial charge in [0, 0.05) is 37.5 Å². The first-order valence-corrected chi connectivity index (χ1v) is 8.77. The number of hydrogen-bond donors (Lipinski definition) is 1. The number of nitrogens with two attached hydrogens (primary N) is 1. The Morgan fingerprint density at radius 2 is 2.00 bits per heavy atom. The van der Waals surface area contributed by atoms with Crippen LogP contribution in [0.4, 0.5) is 10.2 Å². The van der Waals surface area contributed by atoms with E-state index in [1.165, 1.54) is 18.5 Å². The fourth-order valence-electron chi connectivity index (χ4n) is 3.93. The molecule has 1 atom stereocenters. The van der Waals surface area contributed by atoms with Gasteiger partial charge in [0.2, 0.25) is 11.8 Å². The van der Waals surface area contributed by atoms with Crippen molar-refractivity contribution in [2.75, 3.05) is 24.5 Å². The smallest absolute Gasteiger partial charge is 0.223 e. The van der Waals surface area contributed by atoms with Crippen molar-refractivity contribution in [1.29, 1.82) is 0 Å². The van der Waals surface area contributed by atoms with Gasteiger partial charge in [0.1, 0.15) is 18.0 Å². The van der Waals surface area contributed by atoms with Crippen LogP contribution in [0, 0.1) is 11.7 Å². The first-order chi connectivity index (χ1) is 12.5. The Hall–Kier alpha value is -2.77. The number of carbonyl (C=O) groups is 2. The highest BCUT2D eigenvalue weighted by Crippen LogP contribution is 2.29. The molecule has 0 bridgehead atoms. The highest BCUT2D eigenvalue weighted by Gasteiger charge is 2.38. The lowest BCUT2D eigenvalue weighted by Crippen LogP contribution is -2.46. The number of aromatic nitrogens is 2. The second-order valence-corrected chi connectivity index (χ2v) is 6.93. The fraction of sp³-hybridized carbons (Fsp3) is 0.444. The summed E-state index contributed by atoms with van der Waals surface area (Å²) in [5.74, 6) is -0.386. The zero-order valence-corrected chi connectivity index (χ0v) is 14.3. The first kappa shape index (κ1) is 16.7. The molecule has 4 rings (SSSR count). The maximum atomic E-state index is 13.6. The van der Waals surface area contributed by atoms with Crippen LogP contribution in [-0.2, 0) is 9.59 Å². The van der Waals surface area contributed by atoms with E-state index in [9.17, 15) is 14.0 Å². The molecule has 2 saturated heterocycles. The van der Waals surface area contributed by atoms with Crippen LogP contribution in [0.15, 0.2) is 24.5 Å². The van der Waals surface area contributed by atoms with Crippen LogP contribution in [-0.4, -0.2) is 52.4 Å². The molecule has 0 spiro atoms. The van der Waals surface area contributed by atoms with Crippen molar-refractivity contribution >= 4 is 28.5 Å². The fourth-order valence-corrected chi connectivity index (χ4v) is 3.93. The number of amides is 2. The van der Waals surface area contributed by atoms with Gasteiger partial charge in [-0.25, -0.2) is 14.4 Å². The van der Waals surface area contributed by atoms with E-state index in [-0.39, 0.29) is 30.1 Å². The molecule has 1 aromatic heterocycles. The average molecular weight is 357 g/mol. The summed E-state index contributed by atoms with van der Waals surface area (Å²) in [5.41, 5.74) is 6.05. The van der Waals surface area contributed by atoms with E-state index in [1.807, 2.05) is 0 Å². The Labute approximate surface area is 150 Å². The third-order valence-electron chi connectivity index (χ3n) is 5.34. The maximum Gasteiger partial charge on any atom is 0.223 e. The minimum absolute atomic E-state index is 0.00167.